The van der Waals surface area contributed by atoms with Crippen LogP contribution in [-0.2, 0) is 6.42 Å². The van der Waals surface area contributed by atoms with Gasteiger partial charge in [-0.15, -0.1) is 11.6 Å². The maximum Gasteiger partial charge on any atom is 0.111 e. The number of hydrogen-bond donors (Lipinski definition) is 0. The molecule has 1 aromatic carbocycles. The maximum absolute atomic E-state index is 6.35. The molecule has 2 aromatic rings. The minimum absolute atomic E-state index is 0.341. The maximum atomic E-state index is 6.35. The Bertz CT molecular complexity index is 601. The van der Waals surface area contributed by atoms with Gasteiger partial charge in [-0.3, -0.25) is 0 Å². The number of fused-ring (bicyclic) bond motifs is 1. The largest absolute Gasteiger partial charge is 0.323 e. The smallest absolute Gasteiger partial charge is 0.111 e. The Hall–Kier alpha value is -0.730. The van der Waals surface area contributed by atoms with Crippen LogP contribution in [0.15, 0.2) is 18.2 Å². The fraction of sp³-hybridized carbons (Fsp3) is 0.500. The molecule has 18 heavy (non-hydrogen) atoms. The van der Waals surface area contributed by atoms with Gasteiger partial charge in [-0.05, 0) is 24.0 Å². The summed E-state index contributed by atoms with van der Waals surface area (Å²) >= 11 is 12.2. The van der Waals surface area contributed by atoms with Gasteiger partial charge in [-0.25, -0.2) is 4.98 Å². The summed E-state index contributed by atoms with van der Waals surface area (Å²) in [5.74, 6) is 1.65. The molecule has 1 unspecified atom stereocenters. The van der Waals surface area contributed by atoms with Gasteiger partial charge in [0.25, 0.3) is 0 Å². The minimum atomic E-state index is 0.341. The summed E-state index contributed by atoms with van der Waals surface area (Å²) in [5, 5.41) is 0.781. The van der Waals surface area contributed by atoms with Crippen molar-refractivity contribution in [2.24, 2.45) is 5.41 Å². The van der Waals surface area contributed by atoms with E-state index in [0.717, 1.165) is 28.3 Å². The topological polar surface area (TPSA) is 17.8 Å². The quantitative estimate of drug-likeness (QED) is 0.761. The third-order valence-corrected chi connectivity index (χ3v) is 4.32. The summed E-state index contributed by atoms with van der Waals surface area (Å²) in [7, 11) is 0. The van der Waals surface area contributed by atoms with Crippen LogP contribution in [0.25, 0.3) is 11.0 Å². The normalized spacial score (nSPS) is 21.4. The predicted octanol–water partition coefficient (Wildman–Crippen LogP) is 4.44. The molecule has 0 bridgehead atoms. The molecular formula is C14H16Cl2N2. The van der Waals surface area contributed by atoms with Crippen LogP contribution in [0.4, 0.5) is 0 Å². The van der Waals surface area contributed by atoms with Gasteiger partial charge in [0.2, 0.25) is 0 Å². The van der Waals surface area contributed by atoms with Gasteiger partial charge < -0.3 is 4.57 Å². The Balaban J connectivity index is 2.22. The first kappa shape index (κ1) is 12.3. The van der Waals surface area contributed by atoms with E-state index >= 15 is 0 Å². The lowest BCUT2D eigenvalue weighted by Crippen LogP contribution is -2.06. The van der Waals surface area contributed by atoms with Crippen molar-refractivity contribution in [3.8, 4) is 0 Å². The van der Waals surface area contributed by atoms with Crippen LogP contribution in [0.1, 0.15) is 32.1 Å². The molecule has 0 spiro atoms. The lowest BCUT2D eigenvalue weighted by Gasteiger charge is -2.11. The number of rotatable bonds is 3. The number of halogens is 2. The first-order valence-corrected chi connectivity index (χ1v) is 7.17. The van der Waals surface area contributed by atoms with Gasteiger partial charge in [0.1, 0.15) is 5.82 Å². The van der Waals surface area contributed by atoms with Gasteiger partial charge in [0, 0.05) is 18.3 Å². The number of hydrogen-bond acceptors (Lipinski definition) is 1. The monoisotopic (exact) mass is 282 g/mol. The zero-order valence-electron chi connectivity index (χ0n) is 10.6. The average molecular weight is 283 g/mol. The third kappa shape index (κ3) is 1.83. The zero-order chi connectivity index (χ0) is 12.9. The van der Waals surface area contributed by atoms with Crippen LogP contribution in [0.5, 0.6) is 0 Å². The molecule has 1 aromatic heterocycles. The molecule has 2 nitrogen and oxygen atoms in total. The molecule has 0 aliphatic heterocycles. The van der Waals surface area contributed by atoms with Crippen molar-refractivity contribution in [3.05, 3.63) is 29.0 Å². The molecule has 1 atom stereocenters. The average Bonchev–Trinajstić information content (AvgIpc) is 2.77. The molecule has 0 N–H and O–H groups in total. The summed E-state index contributed by atoms with van der Waals surface area (Å²) in [6.45, 7) is 4.57. The Kier molecular flexibility index (Phi) is 2.83. The lowest BCUT2D eigenvalue weighted by atomic mass is 10.2. The first-order valence-electron chi connectivity index (χ1n) is 6.26. The fourth-order valence-corrected chi connectivity index (χ4v) is 3.06. The molecule has 96 valence electrons. The van der Waals surface area contributed by atoms with E-state index in [1.54, 1.807) is 0 Å². The number of aromatic nitrogens is 2. The molecular weight excluding hydrogens is 267 g/mol. The van der Waals surface area contributed by atoms with Crippen LogP contribution >= 0.6 is 23.2 Å². The van der Waals surface area contributed by atoms with Crippen molar-refractivity contribution in [1.29, 1.82) is 0 Å². The van der Waals surface area contributed by atoms with E-state index in [1.165, 1.54) is 6.42 Å². The molecule has 1 aliphatic rings. The van der Waals surface area contributed by atoms with Crippen LogP contribution in [0.3, 0.4) is 0 Å². The van der Waals surface area contributed by atoms with Crippen LogP contribution in [-0.4, -0.2) is 15.4 Å². The molecule has 0 radical (unpaired) electrons. The summed E-state index contributed by atoms with van der Waals surface area (Å²) in [6.07, 6.45) is 1.97. The van der Waals surface area contributed by atoms with Gasteiger partial charge in [0.15, 0.2) is 0 Å². The van der Waals surface area contributed by atoms with E-state index in [2.05, 4.69) is 23.4 Å². The first-order chi connectivity index (χ1) is 8.54. The SMILES string of the molecule is CC1(C)CC1n1c(CCCl)nc2cccc(Cl)c21. The molecule has 3 rings (SSSR count). The van der Waals surface area contributed by atoms with E-state index in [0.29, 0.717) is 17.3 Å². The third-order valence-electron chi connectivity index (χ3n) is 3.83. The van der Waals surface area contributed by atoms with E-state index < -0.39 is 0 Å². The van der Waals surface area contributed by atoms with Crippen molar-refractivity contribution in [1.82, 2.24) is 9.55 Å². The molecule has 4 heteroatoms. The summed E-state index contributed by atoms with van der Waals surface area (Å²) in [6, 6.07) is 6.40. The second kappa shape index (κ2) is 4.14. The van der Waals surface area contributed by atoms with Crippen molar-refractivity contribution in [2.45, 2.75) is 32.7 Å². The van der Waals surface area contributed by atoms with Gasteiger partial charge >= 0.3 is 0 Å². The molecule has 0 saturated heterocycles. The number of imidazole rings is 1. The number of aryl methyl sites for hydroxylation is 1. The zero-order valence-corrected chi connectivity index (χ0v) is 12.1. The van der Waals surface area contributed by atoms with E-state index in [4.69, 9.17) is 23.2 Å². The second-order valence-electron chi connectivity index (χ2n) is 5.65. The summed E-state index contributed by atoms with van der Waals surface area (Å²) in [4.78, 5) is 4.68. The van der Waals surface area contributed by atoms with Gasteiger partial charge in [-0.1, -0.05) is 31.5 Å². The van der Waals surface area contributed by atoms with Gasteiger partial charge in [0.05, 0.1) is 16.1 Å². The van der Waals surface area contributed by atoms with Crippen LogP contribution in [0, 0.1) is 5.41 Å². The molecule has 1 fully saturated rings. The highest BCUT2D eigenvalue weighted by molar-refractivity contribution is 6.35. The summed E-state index contributed by atoms with van der Waals surface area (Å²) < 4.78 is 2.31. The van der Waals surface area contributed by atoms with Crippen molar-refractivity contribution in [3.63, 3.8) is 0 Å². The highest BCUT2D eigenvalue weighted by Crippen LogP contribution is 2.57. The molecule has 1 heterocycles. The number of nitrogens with zero attached hydrogens (tertiary/aromatic N) is 2. The highest BCUT2D eigenvalue weighted by Gasteiger charge is 2.48. The van der Waals surface area contributed by atoms with Crippen molar-refractivity contribution in [2.75, 3.05) is 5.88 Å². The molecule has 1 aliphatic carbocycles. The van der Waals surface area contributed by atoms with Crippen molar-refractivity contribution >= 4 is 34.2 Å². The molecule has 0 amide bonds. The minimum Gasteiger partial charge on any atom is -0.323 e. The van der Waals surface area contributed by atoms with E-state index in [-0.39, 0.29) is 0 Å². The van der Waals surface area contributed by atoms with Crippen molar-refractivity contribution < 1.29 is 0 Å². The molecule has 1 saturated carbocycles. The van der Waals surface area contributed by atoms with E-state index in [1.807, 2.05) is 18.2 Å². The Morgan fingerprint density at radius 2 is 2.17 bits per heavy atom. The summed E-state index contributed by atoms with van der Waals surface area (Å²) in [5.41, 5.74) is 2.38. The predicted molar refractivity (Wildman–Crippen MR) is 76.6 cm³/mol. The Morgan fingerprint density at radius 3 is 2.78 bits per heavy atom. The van der Waals surface area contributed by atoms with E-state index in [9.17, 15) is 0 Å². The standard InChI is InChI=1S/C14H16Cl2N2/c1-14(2)8-11(14)18-12(6-7-15)17-10-5-3-4-9(16)13(10)18/h3-5,11H,6-8H2,1-2H3. The number of para-hydroxylation sites is 1. The number of benzene rings is 1. The second-order valence-corrected chi connectivity index (χ2v) is 6.44. The highest BCUT2D eigenvalue weighted by atomic mass is 35.5. The van der Waals surface area contributed by atoms with Gasteiger partial charge in [-0.2, -0.15) is 0 Å². The van der Waals surface area contributed by atoms with Crippen LogP contribution in [0.2, 0.25) is 5.02 Å². The fourth-order valence-electron chi connectivity index (χ4n) is 2.63. The number of alkyl halides is 1. The lowest BCUT2D eigenvalue weighted by molar-refractivity contribution is 0.537. The Morgan fingerprint density at radius 1 is 1.44 bits per heavy atom. The Labute approximate surface area is 117 Å². The van der Waals surface area contributed by atoms with Crippen LogP contribution < -0.4 is 0 Å².